The molecule has 0 aliphatic rings. The molecule has 1 aromatic rings. The molecule has 6 nitrogen and oxygen atoms in total. The minimum atomic E-state index is -3.69. The van der Waals surface area contributed by atoms with Crippen LogP contribution in [0.4, 0.5) is 0 Å². The minimum absolute atomic E-state index is 0.0265. The molecule has 0 radical (unpaired) electrons. The third kappa shape index (κ3) is 5.89. The van der Waals surface area contributed by atoms with Crippen LogP contribution >= 0.6 is 22.6 Å². The first-order valence-electron chi connectivity index (χ1n) is 6.52. The normalized spacial score (nSPS) is 11.5. The number of carboxylic acids is 1. The van der Waals surface area contributed by atoms with Gasteiger partial charge in [-0.2, -0.15) is 0 Å². The average Bonchev–Trinajstić information content (AvgIpc) is 2.42. The molecular weight excluding hydrogens is 409 g/mol. The van der Waals surface area contributed by atoms with Crippen molar-refractivity contribution in [2.75, 3.05) is 13.2 Å². The molecule has 0 heterocycles. The highest BCUT2D eigenvalue weighted by atomic mass is 127. The summed E-state index contributed by atoms with van der Waals surface area (Å²) in [5, 5.41) is 17.6. The van der Waals surface area contributed by atoms with Gasteiger partial charge in [0.05, 0.1) is 10.5 Å². The van der Waals surface area contributed by atoms with Gasteiger partial charge < -0.3 is 10.2 Å². The fourth-order valence-electron chi connectivity index (χ4n) is 1.72. The van der Waals surface area contributed by atoms with E-state index in [1.807, 2.05) is 22.6 Å². The monoisotopic (exact) mass is 427 g/mol. The first-order chi connectivity index (χ1) is 9.88. The molecule has 0 unspecified atom stereocenters. The van der Waals surface area contributed by atoms with E-state index in [4.69, 9.17) is 10.2 Å². The highest BCUT2D eigenvalue weighted by molar-refractivity contribution is 14.1. The Labute approximate surface area is 137 Å². The number of carbonyl (C=O) groups is 1. The molecule has 21 heavy (non-hydrogen) atoms. The van der Waals surface area contributed by atoms with Gasteiger partial charge in [-0.15, -0.1) is 0 Å². The summed E-state index contributed by atoms with van der Waals surface area (Å²) in [5.74, 6) is -1.15. The average molecular weight is 427 g/mol. The molecule has 0 spiro atoms. The van der Waals surface area contributed by atoms with E-state index < -0.39 is 16.0 Å². The summed E-state index contributed by atoms with van der Waals surface area (Å²) in [6, 6.07) is 4.03. The van der Waals surface area contributed by atoms with Crippen molar-refractivity contribution in [3.63, 3.8) is 0 Å². The van der Waals surface area contributed by atoms with Crippen molar-refractivity contribution in [3.05, 3.63) is 27.3 Å². The lowest BCUT2D eigenvalue weighted by Crippen LogP contribution is -2.25. The summed E-state index contributed by atoms with van der Waals surface area (Å²) in [5.41, 5.74) is -0.0265. The standard InChI is InChI=1S/C13H18INO5S/c14-12-6-5-10(9-11(12)13(17)18)21(19,20)15-7-3-1-2-4-8-16/h5-6,9,15-16H,1-4,7-8H2,(H,17,18). The molecule has 118 valence electrons. The molecule has 0 aliphatic carbocycles. The van der Waals surface area contributed by atoms with E-state index >= 15 is 0 Å². The van der Waals surface area contributed by atoms with Crippen LogP contribution in [-0.2, 0) is 10.0 Å². The van der Waals surface area contributed by atoms with Gasteiger partial charge in [-0.1, -0.05) is 12.8 Å². The number of sulfonamides is 1. The van der Waals surface area contributed by atoms with Gasteiger partial charge in [0.15, 0.2) is 0 Å². The van der Waals surface area contributed by atoms with Crippen LogP contribution < -0.4 is 4.72 Å². The number of aliphatic hydroxyl groups excluding tert-OH is 1. The minimum Gasteiger partial charge on any atom is -0.478 e. The van der Waals surface area contributed by atoms with E-state index in [0.717, 1.165) is 18.9 Å². The number of aliphatic hydroxyl groups is 1. The second kappa shape index (κ2) is 8.66. The third-order valence-electron chi connectivity index (χ3n) is 2.86. The largest absolute Gasteiger partial charge is 0.478 e. The first kappa shape index (κ1) is 18.3. The molecule has 0 aromatic heterocycles. The Bertz CT molecular complexity index is 588. The summed E-state index contributed by atoms with van der Waals surface area (Å²) in [4.78, 5) is 11.0. The summed E-state index contributed by atoms with van der Waals surface area (Å²) in [7, 11) is -3.69. The molecule has 1 rings (SSSR count). The number of carboxylic acid groups (broad SMARTS) is 1. The van der Waals surface area contributed by atoms with Gasteiger partial charge in [0, 0.05) is 16.7 Å². The van der Waals surface area contributed by atoms with Crippen LogP contribution in [0.1, 0.15) is 36.0 Å². The lowest BCUT2D eigenvalue weighted by molar-refractivity contribution is 0.0695. The van der Waals surface area contributed by atoms with E-state index in [1.165, 1.54) is 12.1 Å². The Balaban J connectivity index is 2.66. The second-order valence-corrected chi connectivity index (χ2v) is 7.41. The van der Waals surface area contributed by atoms with Crippen molar-refractivity contribution in [1.29, 1.82) is 0 Å². The summed E-state index contributed by atoms with van der Waals surface area (Å²) < 4.78 is 27.1. The van der Waals surface area contributed by atoms with Gasteiger partial charge in [0.25, 0.3) is 0 Å². The van der Waals surface area contributed by atoms with Crippen LogP contribution in [0.15, 0.2) is 23.1 Å². The SMILES string of the molecule is O=C(O)c1cc(S(=O)(=O)NCCCCCCO)ccc1I. The smallest absolute Gasteiger partial charge is 0.336 e. The zero-order valence-electron chi connectivity index (χ0n) is 11.4. The number of benzene rings is 1. The predicted molar refractivity (Wildman–Crippen MR) is 86.9 cm³/mol. The van der Waals surface area contributed by atoms with Crippen molar-refractivity contribution in [2.45, 2.75) is 30.6 Å². The molecule has 1 aromatic carbocycles. The Morgan fingerprint density at radius 1 is 1.19 bits per heavy atom. The van der Waals surface area contributed by atoms with Crippen molar-refractivity contribution < 1.29 is 23.4 Å². The van der Waals surface area contributed by atoms with E-state index in [9.17, 15) is 13.2 Å². The molecule has 0 saturated heterocycles. The zero-order chi connectivity index (χ0) is 15.9. The molecular formula is C13H18INO5S. The third-order valence-corrected chi connectivity index (χ3v) is 5.25. The van der Waals surface area contributed by atoms with Crippen molar-refractivity contribution in [1.82, 2.24) is 4.72 Å². The fourth-order valence-corrected chi connectivity index (χ4v) is 3.38. The Kier molecular flexibility index (Phi) is 7.57. The van der Waals surface area contributed by atoms with E-state index in [0.29, 0.717) is 23.0 Å². The number of unbranched alkanes of at least 4 members (excludes halogenated alkanes) is 3. The summed E-state index contributed by atoms with van der Waals surface area (Å²) >= 11 is 1.85. The number of halogens is 1. The Hall–Kier alpha value is -0.710. The molecule has 0 atom stereocenters. The molecule has 3 N–H and O–H groups in total. The van der Waals surface area contributed by atoms with Gasteiger partial charge in [0.2, 0.25) is 10.0 Å². The van der Waals surface area contributed by atoms with Crippen molar-refractivity contribution in [2.24, 2.45) is 0 Å². The second-order valence-electron chi connectivity index (χ2n) is 4.48. The van der Waals surface area contributed by atoms with Gasteiger partial charge in [-0.3, -0.25) is 0 Å². The maximum atomic E-state index is 12.1. The maximum Gasteiger partial charge on any atom is 0.336 e. The lowest BCUT2D eigenvalue weighted by atomic mass is 10.2. The molecule has 0 fully saturated rings. The quantitative estimate of drug-likeness (QED) is 0.412. The number of nitrogens with one attached hydrogen (secondary N) is 1. The molecule has 0 amide bonds. The molecule has 0 saturated carbocycles. The van der Waals surface area contributed by atoms with E-state index in [1.54, 1.807) is 0 Å². The van der Waals surface area contributed by atoms with Gasteiger partial charge >= 0.3 is 5.97 Å². The van der Waals surface area contributed by atoms with Gasteiger partial charge in [-0.25, -0.2) is 17.9 Å². The van der Waals surface area contributed by atoms with Crippen LogP contribution in [0.25, 0.3) is 0 Å². The maximum absolute atomic E-state index is 12.1. The Morgan fingerprint density at radius 2 is 1.86 bits per heavy atom. The number of aromatic carboxylic acids is 1. The van der Waals surface area contributed by atoms with Crippen LogP contribution in [-0.4, -0.2) is 37.8 Å². The number of hydrogen-bond acceptors (Lipinski definition) is 4. The number of hydrogen-bond donors (Lipinski definition) is 3. The number of rotatable bonds is 9. The summed E-state index contributed by atoms with van der Waals surface area (Å²) in [6.07, 6.45) is 3.07. The Morgan fingerprint density at radius 3 is 2.48 bits per heavy atom. The fraction of sp³-hybridized carbons (Fsp3) is 0.462. The lowest BCUT2D eigenvalue weighted by Gasteiger charge is -2.08. The topological polar surface area (TPSA) is 104 Å². The van der Waals surface area contributed by atoms with Crippen LogP contribution in [0.5, 0.6) is 0 Å². The van der Waals surface area contributed by atoms with Crippen LogP contribution in [0.3, 0.4) is 0 Å². The highest BCUT2D eigenvalue weighted by Gasteiger charge is 2.17. The van der Waals surface area contributed by atoms with Gasteiger partial charge in [-0.05, 0) is 53.6 Å². The van der Waals surface area contributed by atoms with Crippen molar-refractivity contribution >= 4 is 38.6 Å². The highest BCUT2D eigenvalue weighted by Crippen LogP contribution is 2.18. The molecule has 0 aliphatic heterocycles. The van der Waals surface area contributed by atoms with Gasteiger partial charge in [0.1, 0.15) is 0 Å². The van der Waals surface area contributed by atoms with Crippen LogP contribution in [0.2, 0.25) is 0 Å². The molecule has 8 heteroatoms. The summed E-state index contributed by atoms with van der Waals surface area (Å²) in [6.45, 7) is 0.439. The predicted octanol–water partition coefficient (Wildman–Crippen LogP) is 1.82. The first-order valence-corrected chi connectivity index (χ1v) is 9.08. The van der Waals surface area contributed by atoms with E-state index in [-0.39, 0.29) is 17.1 Å². The van der Waals surface area contributed by atoms with E-state index in [2.05, 4.69) is 4.72 Å². The van der Waals surface area contributed by atoms with Crippen molar-refractivity contribution in [3.8, 4) is 0 Å². The molecule has 0 bridgehead atoms. The van der Waals surface area contributed by atoms with Crippen LogP contribution in [0, 0.1) is 3.57 Å². The zero-order valence-corrected chi connectivity index (χ0v) is 14.4.